The van der Waals surface area contributed by atoms with Crippen LogP contribution in [0.4, 0.5) is 11.4 Å². The molecule has 0 bridgehead atoms. The third-order valence-corrected chi connectivity index (χ3v) is 5.45. The lowest BCUT2D eigenvalue weighted by atomic mass is 10.1. The summed E-state index contributed by atoms with van der Waals surface area (Å²) in [6, 6.07) is 14.1. The second-order valence-corrected chi connectivity index (χ2v) is 7.73. The lowest BCUT2D eigenvalue weighted by Crippen LogP contribution is -2.24. The van der Waals surface area contributed by atoms with Gasteiger partial charge in [0.15, 0.2) is 11.5 Å². The van der Waals surface area contributed by atoms with E-state index in [0.29, 0.717) is 60.4 Å². The van der Waals surface area contributed by atoms with E-state index in [1.807, 2.05) is 19.1 Å². The highest BCUT2D eigenvalue weighted by Crippen LogP contribution is 2.34. The van der Waals surface area contributed by atoms with Crippen LogP contribution in [0.5, 0.6) is 17.2 Å². The first-order valence-electron chi connectivity index (χ1n) is 11.2. The monoisotopic (exact) mass is 461 g/mol. The summed E-state index contributed by atoms with van der Waals surface area (Å²) in [5.41, 5.74) is 2.68. The van der Waals surface area contributed by atoms with Gasteiger partial charge in [0, 0.05) is 42.7 Å². The molecule has 1 aromatic heterocycles. The van der Waals surface area contributed by atoms with Crippen LogP contribution in [0.1, 0.15) is 35.7 Å². The van der Waals surface area contributed by atoms with Gasteiger partial charge in [-0.05, 0) is 61.4 Å². The number of ether oxygens (including phenoxy) is 3. The molecule has 1 fully saturated rings. The highest BCUT2D eigenvalue weighted by molar-refractivity contribution is 6.05. The lowest BCUT2D eigenvalue weighted by Gasteiger charge is -2.20. The third kappa shape index (κ3) is 5.28. The molecule has 1 aliphatic heterocycles. The molecule has 4 rings (SSSR count). The molecule has 8 heteroatoms. The van der Waals surface area contributed by atoms with Gasteiger partial charge < -0.3 is 24.4 Å². The SMILES string of the molecule is CCOc1cc(C(=O)Nc2ccc(N3CCCC3=O)c(OC)c2)ccc1OCc1ccncc1. The normalized spacial score (nSPS) is 13.0. The van der Waals surface area contributed by atoms with Crippen LogP contribution in [0, 0.1) is 0 Å². The molecule has 176 valence electrons. The van der Waals surface area contributed by atoms with Crippen molar-refractivity contribution in [3.05, 3.63) is 72.1 Å². The average Bonchev–Trinajstić information content (AvgIpc) is 3.29. The minimum Gasteiger partial charge on any atom is -0.494 e. The summed E-state index contributed by atoms with van der Waals surface area (Å²) >= 11 is 0. The smallest absolute Gasteiger partial charge is 0.255 e. The summed E-state index contributed by atoms with van der Waals surface area (Å²) in [6.45, 7) is 3.33. The number of hydrogen-bond acceptors (Lipinski definition) is 6. The second kappa shape index (κ2) is 10.7. The Morgan fingerprint density at radius 3 is 2.56 bits per heavy atom. The van der Waals surface area contributed by atoms with Crippen molar-refractivity contribution < 1.29 is 23.8 Å². The van der Waals surface area contributed by atoms with Gasteiger partial charge in [-0.3, -0.25) is 14.6 Å². The van der Waals surface area contributed by atoms with Gasteiger partial charge in [0.25, 0.3) is 5.91 Å². The van der Waals surface area contributed by atoms with Crippen LogP contribution in [-0.2, 0) is 11.4 Å². The van der Waals surface area contributed by atoms with E-state index in [2.05, 4.69) is 10.3 Å². The second-order valence-electron chi connectivity index (χ2n) is 7.73. The highest BCUT2D eigenvalue weighted by Gasteiger charge is 2.24. The first kappa shape index (κ1) is 23.1. The molecule has 3 aromatic rings. The van der Waals surface area contributed by atoms with Gasteiger partial charge >= 0.3 is 0 Å². The third-order valence-electron chi connectivity index (χ3n) is 5.45. The van der Waals surface area contributed by atoms with E-state index < -0.39 is 0 Å². The van der Waals surface area contributed by atoms with Crippen LogP contribution in [0.25, 0.3) is 0 Å². The van der Waals surface area contributed by atoms with Gasteiger partial charge in [0.1, 0.15) is 12.4 Å². The Hall–Kier alpha value is -4.07. The quantitative estimate of drug-likeness (QED) is 0.507. The Kier molecular flexibility index (Phi) is 7.27. The molecule has 2 amide bonds. The number of nitrogens with zero attached hydrogens (tertiary/aromatic N) is 2. The highest BCUT2D eigenvalue weighted by atomic mass is 16.5. The molecule has 0 aliphatic carbocycles. The van der Waals surface area contributed by atoms with Crippen molar-refractivity contribution >= 4 is 23.2 Å². The van der Waals surface area contributed by atoms with E-state index in [9.17, 15) is 9.59 Å². The summed E-state index contributed by atoms with van der Waals surface area (Å²) < 4.78 is 17.1. The molecule has 0 spiro atoms. The summed E-state index contributed by atoms with van der Waals surface area (Å²) in [7, 11) is 1.55. The molecule has 0 saturated carbocycles. The molecule has 0 atom stereocenters. The fourth-order valence-electron chi connectivity index (χ4n) is 3.76. The van der Waals surface area contributed by atoms with E-state index >= 15 is 0 Å². The summed E-state index contributed by atoms with van der Waals surface area (Å²) in [5.74, 6) is 1.35. The van der Waals surface area contributed by atoms with Crippen molar-refractivity contribution in [2.75, 3.05) is 30.5 Å². The molecular weight excluding hydrogens is 434 g/mol. The minimum atomic E-state index is -0.298. The van der Waals surface area contributed by atoms with Gasteiger partial charge in [-0.25, -0.2) is 0 Å². The van der Waals surface area contributed by atoms with E-state index in [1.165, 1.54) is 0 Å². The van der Waals surface area contributed by atoms with Gasteiger partial charge in [0.05, 0.1) is 19.4 Å². The topological polar surface area (TPSA) is 90.0 Å². The van der Waals surface area contributed by atoms with E-state index in [-0.39, 0.29) is 11.8 Å². The fraction of sp³-hybridized carbons (Fsp3) is 0.269. The maximum absolute atomic E-state index is 12.9. The van der Waals surface area contributed by atoms with E-state index in [1.54, 1.807) is 60.8 Å². The Balaban J connectivity index is 1.49. The lowest BCUT2D eigenvalue weighted by molar-refractivity contribution is -0.117. The number of rotatable bonds is 9. The van der Waals surface area contributed by atoms with Crippen LogP contribution in [0.2, 0.25) is 0 Å². The van der Waals surface area contributed by atoms with Crippen molar-refractivity contribution in [3.8, 4) is 17.2 Å². The number of anilines is 2. The molecule has 0 radical (unpaired) electrons. The molecule has 1 aliphatic rings. The molecule has 1 N–H and O–H groups in total. The van der Waals surface area contributed by atoms with Crippen molar-refractivity contribution in [2.45, 2.75) is 26.4 Å². The minimum absolute atomic E-state index is 0.0739. The molecule has 1 saturated heterocycles. The maximum atomic E-state index is 12.9. The summed E-state index contributed by atoms with van der Waals surface area (Å²) in [4.78, 5) is 30.8. The number of amides is 2. The van der Waals surface area contributed by atoms with E-state index in [0.717, 1.165) is 12.0 Å². The van der Waals surface area contributed by atoms with Crippen molar-refractivity contribution in [3.63, 3.8) is 0 Å². The first-order chi connectivity index (χ1) is 16.6. The zero-order valence-corrected chi connectivity index (χ0v) is 19.2. The van der Waals surface area contributed by atoms with Crippen molar-refractivity contribution in [1.82, 2.24) is 4.98 Å². The molecule has 0 unspecified atom stereocenters. The predicted octanol–water partition coefficient (Wildman–Crippen LogP) is 4.45. The molecular formula is C26H27N3O5. The Labute approximate surface area is 198 Å². The van der Waals surface area contributed by atoms with E-state index in [4.69, 9.17) is 14.2 Å². The number of carbonyl (C=O) groups is 2. The van der Waals surface area contributed by atoms with Crippen LogP contribution < -0.4 is 24.4 Å². The van der Waals surface area contributed by atoms with Crippen LogP contribution in [-0.4, -0.2) is 37.1 Å². The number of hydrogen-bond donors (Lipinski definition) is 1. The number of benzene rings is 2. The summed E-state index contributed by atoms with van der Waals surface area (Å²) in [6.07, 6.45) is 4.78. The fourth-order valence-corrected chi connectivity index (χ4v) is 3.76. The Morgan fingerprint density at radius 1 is 1.03 bits per heavy atom. The molecule has 8 nitrogen and oxygen atoms in total. The van der Waals surface area contributed by atoms with Crippen LogP contribution in [0.15, 0.2) is 60.9 Å². The van der Waals surface area contributed by atoms with Crippen molar-refractivity contribution in [1.29, 1.82) is 0 Å². The first-order valence-corrected chi connectivity index (χ1v) is 11.2. The largest absolute Gasteiger partial charge is 0.494 e. The van der Waals surface area contributed by atoms with Crippen molar-refractivity contribution in [2.24, 2.45) is 0 Å². The number of nitrogens with one attached hydrogen (secondary N) is 1. The summed E-state index contributed by atoms with van der Waals surface area (Å²) in [5, 5.41) is 2.88. The number of carbonyl (C=O) groups excluding carboxylic acids is 2. The maximum Gasteiger partial charge on any atom is 0.255 e. The molecule has 34 heavy (non-hydrogen) atoms. The van der Waals surface area contributed by atoms with Gasteiger partial charge in [0.2, 0.25) is 5.91 Å². The van der Waals surface area contributed by atoms with Gasteiger partial charge in [-0.2, -0.15) is 0 Å². The zero-order valence-electron chi connectivity index (χ0n) is 19.2. The number of pyridine rings is 1. The average molecular weight is 462 g/mol. The molecule has 2 heterocycles. The Bertz CT molecular complexity index is 1170. The zero-order chi connectivity index (χ0) is 23.9. The van der Waals surface area contributed by atoms with Gasteiger partial charge in [-0.15, -0.1) is 0 Å². The molecule has 2 aromatic carbocycles. The van der Waals surface area contributed by atoms with Crippen LogP contribution >= 0.6 is 0 Å². The van der Waals surface area contributed by atoms with Gasteiger partial charge in [-0.1, -0.05) is 0 Å². The Morgan fingerprint density at radius 2 is 1.85 bits per heavy atom. The number of aromatic nitrogens is 1. The number of methoxy groups -OCH3 is 1. The standard InChI is InChI=1S/C26H27N3O5/c1-3-33-24-15-19(6-9-22(24)34-17-18-10-12-27-13-11-18)26(31)28-20-7-8-21(23(16-20)32-2)29-14-4-5-25(29)30/h6-13,15-16H,3-5,14,17H2,1-2H3,(H,28,31). The van der Waals surface area contributed by atoms with Crippen LogP contribution in [0.3, 0.4) is 0 Å². The predicted molar refractivity (Wildman–Crippen MR) is 129 cm³/mol.